The van der Waals surface area contributed by atoms with Gasteiger partial charge in [0, 0.05) is 18.3 Å². The van der Waals surface area contributed by atoms with Crippen molar-refractivity contribution >= 4 is 7.27 Å². The van der Waals surface area contributed by atoms with Crippen molar-refractivity contribution in [2.45, 2.75) is 12.8 Å². The molecule has 2 fully saturated rings. The summed E-state index contributed by atoms with van der Waals surface area (Å²) >= 11 is 0. The predicted molar refractivity (Wildman–Crippen MR) is 46.0 cm³/mol. The van der Waals surface area contributed by atoms with Crippen LogP contribution in [-0.4, -0.2) is 40.0 Å². The van der Waals surface area contributed by atoms with E-state index in [0.717, 1.165) is 44.0 Å². The molecule has 74 valence electrons. The van der Waals surface area contributed by atoms with Crippen molar-refractivity contribution in [2.75, 3.05) is 32.7 Å². The van der Waals surface area contributed by atoms with Crippen LogP contribution in [0.25, 0.3) is 0 Å². The summed E-state index contributed by atoms with van der Waals surface area (Å²) < 4.78 is 29.3. The number of rotatable bonds is 2. The molecule has 1 N–H and O–H groups in total. The standard InChI is InChI=1S/C8H14BF2NO/c10-9(11)7-12-3-1-8(2-4-12)5-13-6-8/h1-7H2/p+1. The molecule has 1 spiro atoms. The minimum Gasteiger partial charge on any atom is -0.380 e. The molecule has 2 nitrogen and oxygen atoms in total. The van der Waals surface area contributed by atoms with Gasteiger partial charge in [0.1, 0.15) is 6.44 Å². The van der Waals surface area contributed by atoms with Crippen molar-refractivity contribution in [2.24, 2.45) is 5.41 Å². The monoisotopic (exact) mass is 190 g/mol. The Kier molecular flexibility index (Phi) is 2.56. The molecule has 2 saturated heterocycles. The molecule has 0 amide bonds. The van der Waals surface area contributed by atoms with E-state index in [-0.39, 0.29) is 6.44 Å². The van der Waals surface area contributed by atoms with Crippen LogP contribution >= 0.6 is 0 Å². The lowest BCUT2D eigenvalue weighted by molar-refractivity contribution is -0.899. The lowest BCUT2D eigenvalue weighted by Gasteiger charge is -2.45. The van der Waals surface area contributed by atoms with Gasteiger partial charge in [-0.15, -0.1) is 0 Å². The Morgan fingerprint density at radius 1 is 1.23 bits per heavy atom. The van der Waals surface area contributed by atoms with Gasteiger partial charge in [-0.05, 0) is 0 Å². The highest BCUT2D eigenvalue weighted by Gasteiger charge is 2.43. The molecule has 0 bridgehead atoms. The van der Waals surface area contributed by atoms with E-state index in [9.17, 15) is 8.63 Å². The summed E-state index contributed by atoms with van der Waals surface area (Å²) in [5.74, 6) is 0. The van der Waals surface area contributed by atoms with Gasteiger partial charge < -0.3 is 9.64 Å². The second-order valence-corrected chi connectivity index (χ2v) is 4.34. The highest BCUT2D eigenvalue weighted by atomic mass is 19.2. The number of halogens is 2. The summed E-state index contributed by atoms with van der Waals surface area (Å²) in [4.78, 5) is 1.06. The Bertz CT molecular complexity index is 177. The van der Waals surface area contributed by atoms with Crippen LogP contribution in [0.2, 0.25) is 0 Å². The van der Waals surface area contributed by atoms with Crippen LogP contribution in [0.5, 0.6) is 0 Å². The fraction of sp³-hybridized carbons (Fsp3) is 1.00. The van der Waals surface area contributed by atoms with Gasteiger partial charge in [0.15, 0.2) is 0 Å². The molecule has 2 aliphatic heterocycles. The van der Waals surface area contributed by atoms with Crippen molar-refractivity contribution in [1.82, 2.24) is 0 Å². The van der Waals surface area contributed by atoms with E-state index < -0.39 is 7.27 Å². The first kappa shape index (κ1) is 9.40. The molecule has 0 atom stereocenters. The largest absolute Gasteiger partial charge is 0.592 e. The van der Waals surface area contributed by atoms with Gasteiger partial charge in [-0.2, -0.15) is 0 Å². The summed E-state index contributed by atoms with van der Waals surface area (Å²) in [6, 6.07) is 0. The van der Waals surface area contributed by atoms with E-state index in [4.69, 9.17) is 4.74 Å². The lowest BCUT2D eigenvalue weighted by Crippen LogP contribution is -3.14. The molecular weight excluding hydrogens is 175 g/mol. The third-order valence-corrected chi connectivity index (χ3v) is 3.28. The second-order valence-electron chi connectivity index (χ2n) is 4.34. The first-order valence-electron chi connectivity index (χ1n) is 4.90. The van der Waals surface area contributed by atoms with E-state index in [1.54, 1.807) is 0 Å². The van der Waals surface area contributed by atoms with Gasteiger partial charge in [0.25, 0.3) is 0 Å². The average Bonchev–Trinajstić information content (AvgIpc) is 2.02. The number of nitrogens with one attached hydrogen (secondary N) is 1. The molecular formula is C8H15BF2NO+. The number of quaternary nitrogens is 1. The van der Waals surface area contributed by atoms with Crippen molar-refractivity contribution < 1.29 is 18.3 Å². The van der Waals surface area contributed by atoms with Gasteiger partial charge in [0.05, 0.1) is 26.3 Å². The van der Waals surface area contributed by atoms with Crippen molar-refractivity contribution in [3.63, 3.8) is 0 Å². The zero-order chi connectivity index (χ0) is 9.31. The molecule has 2 rings (SSSR count). The van der Waals surface area contributed by atoms with E-state index in [1.807, 2.05) is 0 Å². The molecule has 0 aromatic carbocycles. The molecule has 13 heavy (non-hydrogen) atoms. The first-order valence-corrected chi connectivity index (χ1v) is 4.90. The van der Waals surface area contributed by atoms with Crippen LogP contribution in [0.3, 0.4) is 0 Å². The molecule has 0 aliphatic carbocycles. The lowest BCUT2D eigenvalue weighted by atomic mass is 9.76. The number of likely N-dealkylation sites (tertiary alicyclic amines) is 1. The summed E-state index contributed by atoms with van der Waals surface area (Å²) in [5.41, 5.74) is 0.381. The molecule has 0 unspecified atom stereocenters. The Labute approximate surface area is 77.4 Å². The molecule has 0 aromatic heterocycles. The zero-order valence-corrected chi connectivity index (χ0v) is 7.69. The molecule has 0 saturated carbocycles. The van der Waals surface area contributed by atoms with Crippen LogP contribution in [0, 0.1) is 5.41 Å². The third kappa shape index (κ3) is 2.02. The second kappa shape index (κ2) is 3.54. The van der Waals surface area contributed by atoms with Gasteiger partial charge >= 0.3 is 7.27 Å². The van der Waals surface area contributed by atoms with Crippen LogP contribution in [0.1, 0.15) is 12.8 Å². The Morgan fingerprint density at radius 3 is 2.23 bits per heavy atom. The van der Waals surface area contributed by atoms with Crippen LogP contribution in [0.15, 0.2) is 0 Å². The Balaban J connectivity index is 1.76. The molecule has 0 aromatic rings. The highest BCUT2D eigenvalue weighted by Crippen LogP contribution is 2.35. The van der Waals surface area contributed by atoms with Gasteiger partial charge in [-0.1, -0.05) is 0 Å². The summed E-state index contributed by atoms with van der Waals surface area (Å²) in [7, 11) is -2.15. The smallest absolute Gasteiger partial charge is 0.380 e. The maximum atomic E-state index is 12.1. The third-order valence-electron chi connectivity index (χ3n) is 3.28. The average molecular weight is 190 g/mol. The van der Waals surface area contributed by atoms with Crippen molar-refractivity contribution in [3.05, 3.63) is 0 Å². The zero-order valence-electron chi connectivity index (χ0n) is 7.69. The normalized spacial score (nSPS) is 27.2. The van der Waals surface area contributed by atoms with E-state index in [0.29, 0.717) is 5.41 Å². The fourth-order valence-corrected chi connectivity index (χ4v) is 2.24. The van der Waals surface area contributed by atoms with Crippen LogP contribution in [-0.2, 0) is 4.74 Å². The first-order chi connectivity index (χ1) is 6.20. The van der Waals surface area contributed by atoms with Gasteiger partial charge in [-0.25, -0.2) is 0 Å². The quantitative estimate of drug-likeness (QED) is 0.587. The van der Waals surface area contributed by atoms with Crippen molar-refractivity contribution in [1.29, 1.82) is 0 Å². The highest BCUT2D eigenvalue weighted by molar-refractivity contribution is 6.42. The topological polar surface area (TPSA) is 13.7 Å². The summed E-state index contributed by atoms with van der Waals surface area (Å²) in [6.07, 6.45) is 2.15. The van der Waals surface area contributed by atoms with Crippen molar-refractivity contribution in [3.8, 4) is 0 Å². The number of piperidine rings is 1. The van der Waals surface area contributed by atoms with Gasteiger partial charge in [-0.3, -0.25) is 8.63 Å². The van der Waals surface area contributed by atoms with E-state index in [1.165, 1.54) is 0 Å². The Hall–Kier alpha value is -0.155. The van der Waals surface area contributed by atoms with Gasteiger partial charge in [0.2, 0.25) is 0 Å². The summed E-state index contributed by atoms with van der Waals surface area (Å²) in [6.45, 7) is 3.51. The molecule has 2 heterocycles. The number of ether oxygens (including phenoxy) is 1. The molecule has 5 heteroatoms. The predicted octanol–water partition coefficient (Wildman–Crippen LogP) is -0.352. The number of hydrogen-bond acceptors (Lipinski definition) is 1. The van der Waals surface area contributed by atoms with Crippen LogP contribution in [0.4, 0.5) is 8.63 Å². The minimum atomic E-state index is -2.15. The van der Waals surface area contributed by atoms with E-state index in [2.05, 4.69) is 0 Å². The minimum absolute atomic E-state index is 0.0247. The molecule has 0 radical (unpaired) electrons. The SMILES string of the molecule is FB(F)C[NH+]1CCC2(CC1)COC2. The maximum absolute atomic E-state index is 12.1. The van der Waals surface area contributed by atoms with E-state index >= 15 is 0 Å². The van der Waals surface area contributed by atoms with Crippen LogP contribution < -0.4 is 4.90 Å². The maximum Gasteiger partial charge on any atom is 0.592 e. The molecule has 2 aliphatic rings. The summed E-state index contributed by atoms with van der Waals surface area (Å²) in [5, 5.41) is 0. The fourth-order valence-electron chi connectivity index (χ4n) is 2.24. The number of hydrogen-bond donors (Lipinski definition) is 1. The Morgan fingerprint density at radius 2 is 1.85 bits per heavy atom.